The van der Waals surface area contributed by atoms with Crippen molar-refractivity contribution in [1.29, 1.82) is 0 Å². The van der Waals surface area contributed by atoms with E-state index < -0.39 is 5.82 Å². The first kappa shape index (κ1) is 17.4. The van der Waals surface area contributed by atoms with Gasteiger partial charge in [0.2, 0.25) is 5.91 Å². The van der Waals surface area contributed by atoms with Gasteiger partial charge in [-0.1, -0.05) is 13.3 Å². The van der Waals surface area contributed by atoms with Crippen molar-refractivity contribution in [2.24, 2.45) is 0 Å². The third-order valence-corrected chi connectivity index (χ3v) is 3.38. The van der Waals surface area contributed by atoms with Crippen LogP contribution in [-0.4, -0.2) is 41.7 Å². The van der Waals surface area contributed by atoms with Gasteiger partial charge in [0.1, 0.15) is 5.82 Å². The van der Waals surface area contributed by atoms with Gasteiger partial charge in [0.25, 0.3) is 0 Å². The molecule has 0 radical (unpaired) electrons. The molecule has 0 aliphatic rings. The number of aliphatic hydroxyl groups excluding tert-OH is 1. The molecule has 4 N–H and O–H groups in total. The third-order valence-electron chi connectivity index (χ3n) is 3.38. The number of nitrogens with two attached hydrogens (primary N) is 1. The van der Waals surface area contributed by atoms with Crippen LogP contribution in [-0.2, 0) is 4.79 Å². The van der Waals surface area contributed by atoms with E-state index in [4.69, 9.17) is 10.8 Å². The van der Waals surface area contributed by atoms with E-state index >= 15 is 0 Å². The molecule has 0 fully saturated rings. The zero-order valence-electron chi connectivity index (χ0n) is 12.6. The van der Waals surface area contributed by atoms with Crippen molar-refractivity contribution in [3.8, 4) is 0 Å². The molecule has 6 heteroatoms. The predicted octanol–water partition coefficient (Wildman–Crippen LogP) is 1.83. The van der Waals surface area contributed by atoms with Gasteiger partial charge in [0.15, 0.2) is 0 Å². The van der Waals surface area contributed by atoms with Crippen molar-refractivity contribution < 1.29 is 14.3 Å². The monoisotopic (exact) mass is 297 g/mol. The summed E-state index contributed by atoms with van der Waals surface area (Å²) < 4.78 is 13.1. The van der Waals surface area contributed by atoms with Crippen LogP contribution in [0.2, 0.25) is 0 Å². The van der Waals surface area contributed by atoms with E-state index in [1.54, 1.807) is 6.92 Å². The highest BCUT2D eigenvalue weighted by atomic mass is 19.1. The lowest BCUT2D eigenvalue weighted by Gasteiger charge is -2.27. The van der Waals surface area contributed by atoms with Crippen LogP contribution in [0.3, 0.4) is 0 Å². The molecule has 1 amide bonds. The number of aliphatic hydroxyl groups is 1. The molecular weight excluding hydrogens is 273 g/mol. The lowest BCUT2D eigenvalue weighted by atomic mass is 10.2. The number of benzene rings is 1. The maximum atomic E-state index is 13.1. The number of amides is 1. The summed E-state index contributed by atoms with van der Waals surface area (Å²) in [5.41, 5.74) is 5.94. The normalized spacial score (nSPS) is 12.4. The second-order valence-corrected chi connectivity index (χ2v) is 5.01. The van der Waals surface area contributed by atoms with Gasteiger partial charge < -0.3 is 16.2 Å². The zero-order chi connectivity index (χ0) is 15.8. The molecule has 0 aromatic heterocycles. The van der Waals surface area contributed by atoms with Crippen LogP contribution in [0.4, 0.5) is 15.8 Å². The summed E-state index contributed by atoms with van der Waals surface area (Å²) in [6, 6.07) is 3.70. The number of hydrogen-bond donors (Lipinski definition) is 3. The lowest BCUT2D eigenvalue weighted by molar-refractivity contribution is -0.120. The zero-order valence-corrected chi connectivity index (χ0v) is 12.6. The minimum atomic E-state index is -0.508. The van der Waals surface area contributed by atoms with Crippen LogP contribution < -0.4 is 11.1 Å². The number of unbranched alkanes of at least 4 members (excludes halogenated alkanes) is 1. The molecule has 0 aliphatic heterocycles. The number of rotatable bonds is 8. The molecule has 118 valence electrons. The number of carbonyl (C=O) groups is 1. The molecule has 1 rings (SSSR count). The van der Waals surface area contributed by atoms with Gasteiger partial charge in [-0.15, -0.1) is 0 Å². The second kappa shape index (κ2) is 8.59. The molecule has 1 unspecified atom stereocenters. The van der Waals surface area contributed by atoms with Crippen LogP contribution in [0.1, 0.15) is 26.7 Å². The first-order valence-electron chi connectivity index (χ1n) is 7.20. The van der Waals surface area contributed by atoms with E-state index in [2.05, 4.69) is 12.2 Å². The molecule has 0 heterocycles. The van der Waals surface area contributed by atoms with Crippen molar-refractivity contribution in [3.05, 3.63) is 24.0 Å². The molecule has 1 atom stereocenters. The number of anilines is 2. The largest absolute Gasteiger partial charge is 0.396 e. The van der Waals surface area contributed by atoms with Gasteiger partial charge in [0.05, 0.1) is 18.3 Å². The average Bonchev–Trinajstić information content (AvgIpc) is 2.46. The number of hydrogen-bond acceptors (Lipinski definition) is 4. The van der Waals surface area contributed by atoms with Crippen LogP contribution in [0.15, 0.2) is 18.2 Å². The molecule has 0 spiro atoms. The topological polar surface area (TPSA) is 78.6 Å². The maximum Gasteiger partial charge on any atom is 0.241 e. The first-order chi connectivity index (χ1) is 9.99. The molecule has 0 aliphatic carbocycles. The fourth-order valence-corrected chi connectivity index (χ4v) is 2.02. The van der Waals surface area contributed by atoms with Gasteiger partial charge in [-0.3, -0.25) is 9.69 Å². The van der Waals surface area contributed by atoms with E-state index in [1.165, 1.54) is 18.2 Å². The number of carbonyl (C=O) groups excluding carboxylic acids is 1. The van der Waals surface area contributed by atoms with Gasteiger partial charge in [0, 0.05) is 12.2 Å². The van der Waals surface area contributed by atoms with Crippen molar-refractivity contribution in [3.63, 3.8) is 0 Å². The average molecular weight is 297 g/mol. The highest BCUT2D eigenvalue weighted by Gasteiger charge is 2.20. The van der Waals surface area contributed by atoms with E-state index in [1.807, 2.05) is 4.90 Å². The van der Waals surface area contributed by atoms with Gasteiger partial charge in [-0.05, 0) is 38.1 Å². The van der Waals surface area contributed by atoms with Crippen molar-refractivity contribution in [2.45, 2.75) is 32.7 Å². The van der Waals surface area contributed by atoms with Crippen molar-refractivity contribution in [2.75, 3.05) is 30.7 Å². The number of nitrogens with one attached hydrogen (secondary N) is 1. The van der Waals surface area contributed by atoms with Gasteiger partial charge in [-0.25, -0.2) is 4.39 Å². The highest BCUT2D eigenvalue weighted by Crippen LogP contribution is 2.17. The van der Waals surface area contributed by atoms with Crippen LogP contribution in [0.5, 0.6) is 0 Å². The Morgan fingerprint density at radius 1 is 1.48 bits per heavy atom. The second-order valence-electron chi connectivity index (χ2n) is 5.01. The van der Waals surface area contributed by atoms with E-state index in [0.29, 0.717) is 12.2 Å². The summed E-state index contributed by atoms with van der Waals surface area (Å²) in [6.07, 6.45) is 1.98. The van der Waals surface area contributed by atoms with Gasteiger partial charge in [-0.2, -0.15) is 0 Å². The predicted molar refractivity (Wildman–Crippen MR) is 82.5 cm³/mol. The molecule has 21 heavy (non-hydrogen) atoms. The summed E-state index contributed by atoms with van der Waals surface area (Å²) in [5.74, 6) is -0.712. The summed E-state index contributed by atoms with van der Waals surface area (Å²) in [5, 5.41) is 11.8. The summed E-state index contributed by atoms with van der Waals surface area (Å²) in [6.45, 7) is 5.05. The van der Waals surface area contributed by atoms with Crippen LogP contribution in [0, 0.1) is 5.82 Å². The standard InChI is InChI=1S/C15H24FN3O2/c1-3-4-7-19(8-9-20)11(2)15(21)18-12-5-6-13(16)14(17)10-12/h5-6,10-11,20H,3-4,7-9,17H2,1-2H3,(H,18,21). The fraction of sp³-hybridized carbons (Fsp3) is 0.533. The lowest BCUT2D eigenvalue weighted by Crippen LogP contribution is -2.44. The van der Waals surface area contributed by atoms with Crippen LogP contribution in [0.25, 0.3) is 0 Å². The molecule has 1 aromatic rings. The summed E-state index contributed by atoms with van der Waals surface area (Å²) >= 11 is 0. The highest BCUT2D eigenvalue weighted by molar-refractivity contribution is 5.94. The SMILES string of the molecule is CCCCN(CCO)C(C)C(=O)Nc1ccc(F)c(N)c1. The summed E-state index contributed by atoms with van der Waals surface area (Å²) in [4.78, 5) is 14.1. The fourth-order valence-electron chi connectivity index (χ4n) is 2.02. The Balaban J connectivity index is 2.68. The van der Waals surface area contributed by atoms with Crippen LogP contribution >= 0.6 is 0 Å². The quantitative estimate of drug-likeness (QED) is 0.640. The summed E-state index contributed by atoms with van der Waals surface area (Å²) in [7, 11) is 0. The number of halogens is 1. The Kier molecular flexibility index (Phi) is 7.11. The Morgan fingerprint density at radius 2 is 2.19 bits per heavy atom. The molecule has 0 saturated heterocycles. The first-order valence-corrected chi connectivity index (χ1v) is 7.20. The maximum absolute atomic E-state index is 13.1. The van der Waals surface area contributed by atoms with Crippen molar-refractivity contribution >= 4 is 17.3 Å². The number of nitrogens with zero attached hydrogens (tertiary/aromatic N) is 1. The minimum Gasteiger partial charge on any atom is -0.396 e. The van der Waals surface area contributed by atoms with E-state index in [9.17, 15) is 9.18 Å². The molecule has 1 aromatic carbocycles. The Morgan fingerprint density at radius 3 is 2.76 bits per heavy atom. The van der Waals surface area contributed by atoms with Crippen molar-refractivity contribution in [1.82, 2.24) is 4.90 Å². The molecular formula is C15H24FN3O2. The molecule has 5 nitrogen and oxygen atoms in total. The molecule has 0 saturated carbocycles. The Bertz CT molecular complexity index is 468. The van der Waals surface area contributed by atoms with E-state index in [0.717, 1.165) is 19.4 Å². The van der Waals surface area contributed by atoms with Gasteiger partial charge >= 0.3 is 0 Å². The Labute approximate surface area is 124 Å². The molecule has 0 bridgehead atoms. The number of nitrogen functional groups attached to an aromatic ring is 1. The minimum absolute atomic E-state index is 0.00125. The Hall–Kier alpha value is -1.66. The van der Waals surface area contributed by atoms with E-state index in [-0.39, 0.29) is 24.2 Å². The third kappa shape index (κ3) is 5.32. The smallest absolute Gasteiger partial charge is 0.241 e.